The predicted octanol–water partition coefficient (Wildman–Crippen LogP) is 3.89. The number of nitrogen functional groups attached to an aromatic ring is 1. The Bertz CT molecular complexity index is 1130. The Morgan fingerprint density at radius 1 is 1.25 bits per heavy atom. The molecule has 4 aromatic rings. The van der Waals surface area contributed by atoms with Gasteiger partial charge in [-0.15, -0.1) is 0 Å². The van der Waals surface area contributed by atoms with Crippen molar-refractivity contribution in [3.8, 4) is 17.0 Å². The van der Waals surface area contributed by atoms with E-state index in [1.807, 2.05) is 42.5 Å². The molecule has 1 amide bonds. The summed E-state index contributed by atoms with van der Waals surface area (Å²) < 4.78 is 7.53. The first-order chi connectivity index (χ1) is 13.6. The highest BCUT2D eigenvalue weighted by molar-refractivity contribution is 6.03. The van der Waals surface area contributed by atoms with Crippen molar-refractivity contribution in [1.82, 2.24) is 14.5 Å². The van der Waals surface area contributed by atoms with Crippen LogP contribution in [-0.4, -0.2) is 27.6 Å². The van der Waals surface area contributed by atoms with Crippen LogP contribution in [0, 0.1) is 0 Å². The quantitative estimate of drug-likeness (QED) is 0.493. The van der Waals surface area contributed by atoms with E-state index in [-0.39, 0.29) is 5.91 Å². The van der Waals surface area contributed by atoms with Gasteiger partial charge in [0.25, 0.3) is 5.91 Å². The van der Waals surface area contributed by atoms with E-state index >= 15 is 0 Å². The first-order valence-electron chi connectivity index (χ1n) is 8.98. The highest BCUT2D eigenvalue weighted by Crippen LogP contribution is 2.37. The molecule has 0 aliphatic rings. The van der Waals surface area contributed by atoms with E-state index in [2.05, 4.69) is 26.8 Å². The number of aromatic amines is 1. The largest absolute Gasteiger partial charge is 0.497 e. The summed E-state index contributed by atoms with van der Waals surface area (Å²) >= 11 is 0. The first kappa shape index (κ1) is 17.7. The van der Waals surface area contributed by atoms with Crippen LogP contribution in [0.5, 0.6) is 5.75 Å². The summed E-state index contributed by atoms with van der Waals surface area (Å²) in [4.78, 5) is 18.9. The van der Waals surface area contributed by atoms with Crippen LogP contribution in [0.4, 0.5) is 11.4 Å². The zero-order valence-electron chi connectivity index (χ0n) is 15.7. The van der Waals surface area contributed by atoms with E-state index in [4.69, 9.17) is 10.5 Å². The molecule has 4 rings (SSSR count). The smallest absolute Gasteiger partial charge is 0.275 e. The highest BCUT2D eigenvalue weighted by Gasteiger charge is 2.16. The predicted molar refractivity (Wildman–Crippen MR) is 111 cm³/mol. The second-order valence-corrected chi connectivity index (χ2v) is 6.38. The number of hydrogen-bond acceptors (Lipinski definition) is 4. The van der Waals surface area contributed by atoms with Crippen LogP contribution >= 0.6 is 0 Å². The van der Waals surface area contributed by atoms with Crippen molar-refractivity contribution in [2.24, 2.45) is 0 Å². The van der Waals surface area contributed by atoms with Crippen molar-refractivity contribution in [3.05, 3.63) is 60.7 Å². The van der Waals surface area contributed by atoms with E-state index < -0.39 is 0 Å². The van der Waals surface area contributed by atoms with Gasteiger partial charge in [-0.1, -0.05) is 12.1 Å². The Labute approximate surface area is 162 Å². The topological polar surface area (TPSA) is 98.0 Å². The van der Waals surface area contributed by atoms with Crippen LogP contribution in [-0.2, 0) is 6.54 Å². The van der Waals surface area contributed by atoms with Gasteiger partial charge in [0.2, 0.25) is 0 Å². The lowest BCUT2D eigenvalue weighted by molar-refractivity contribution is 0.102. The van der Waals surface area contributed by atoms with E-state index in [0.29, 0.717) is 11.4 Å². The Kier molecular flexibility index (Phi) is 4.49. The number of nitrogens with one attached hydrogen (secondary N) is 2. The second-order valence-electron chi connectivity index (χ2n) is 6.38. The third kappa shape index (κ3) is 2.96. The molecule has 0 aliphatic heterocycles. The molecule has 2 heterocycles. The van der Waals surface area contributed by atoms with E-state index in [1.54, 1.807) is 13.3 Å². The number of carbonyl (C=O) groups excluding carboxylic acids is 1. The monoisotopic (exact) mass is 375 g/mol. The van der Waals surface area contributed by atoms with Crippen molar-refractivity contribution in [2.45, 2.75) is 13.5 Å². The minimum absolute atomic E-state index is 0.261. The van der Waals surface area contributed by atoms with Crippen LogP contribution in [0.1, 0.15) is 17.4 Å². The molecule has 0 saturated carbocycles. The maximum Gasteiger partial charge on any atom is 0.275 e. The molecule has 0 saturated heterocycles. The number of anilines is 2. The Hall–Kier alpha value is -3.74. The molecule has 142 valence electrons. The maximum atomic E-state index is 12.1. The molecular weight excluding hydrogens is 354 g/mol. The number of hydrogen-bond donors (Lipinski definition) is 3. The van der Waals surface area contributed by atoms with Crippen molar-refractivity contribution >= 4 is 28.2 Å². The Morgan fingerprint density at radius 3 is 2.68 bits per heavy atom. The number of nitrogens with zero attached hydrogens (tertiary/aromatic N) is 2. The molecule has 0 radical (unpaired) electrons. The van der Waals surface area contributed by atoms with Gasteiger partial charge in [0, 0.05) is 35.4 Å². The number of rotatable bonds is 5. The molecule has 7 nitrogen and oxygen atoms in total. The lowest BCUT2D eigenvalue weighted by atomic mass is 10.1. The average Bonchev–Trinajstić information content (AvgIpc) is 3.35. The van der Waals surface area contributed by atoms with Gasteiger partial charge in [-0.25, -0.2) is 4.98 Å². The zero-order chi connectivity index (χ0) is 19.7. The number of aromatic nitrogens is 3. The summed E-state index contributed by atoms with van der Waals surface area (Å²) in [5, 5.41) is 3.83. The van der Waals surface area contributed by atoms with E-state index in [1.165, 1.54) is 6.33 Å². The molecule has 4 N–H and O–H groups in total. The Balaban J connectivity index is 1.70. The maximum absolute atomic E-state index is 12.1. The number of fused-ring (bicyclic) bond motifs is 1. The number of aryl methyl sites for hydroxylation is 1. The SMILES string of the molecule is CCn1c(-c2ccc(NC(=O)c3c[nH]cn3)cc2)c(N)c2ccc(OC)cc21. The summed E-state index contributed by atoms with van der Waals surface area (Å²) in [7, 11) is 1.65. The molecule has 2 aromatic carbocycles. The van der Waals surface area contributed by atoms with Gasteiger partial charge >= 0.3 is 0 Å². The fraction of sp³-hybridized carbons (Fsp3) is 0.143. The lowest BCUT2D eigenvalue weighted by Crippen LogP contribution is -2.12. The summed E-state index contributed by atoms with van der Waals surface area (Å²) in [6.45, 7) is 2.86. The molecule has 7 heteroatoms. The molecule has 2 aromatic heterocycles. The minimum Gasteiger partial charge on any atom is -0.497 e. The van der Waals surface area contributed by atoms with Crippen molar-refractivity contribution in [3.63, 3.8) is 0 Å². The number of nitrogens with two attached hydrogens (primary N) is 1. The molecule has 0 bridgehead atoms. The summed E-state index contributed by atoms with van der Waals surface area (Å²) in [5.41, 5.74) is 11.2. The van der Waals surface area contributed by atoms with Gasteiger partial charge < -0.3 is 25.3 Å². The normalized spacial score (nSPS) is 10.9. The number of benzene rings is 2. The molecule has 0 unspecified atom stereocenters. The first-order valence-corrected chi connectivity index (χ1v) is 8.98. The minimum atomic E-state index is -0.261. The third-order valence-electron chi connectivity index (χ3n) is 4.77. The number of ether oxygens (including phenoxy) is 1. The molecular formula is C21H21N5O2. The fourth-order valence-corrected chi connectivity index (χ4v) is 3.41. The molecule has 0 aliphatic carbocycles. The van der Waals surface area contributed by atoms with Crippen LogP contribution in [0.3, 0.4) is 0 Å². The van der Waals surface area contributed by atoms with Gasteiger partial charge in [-0.3, -0.25) is 4.79 Å². The second kappa shape index (κ2) is 7.11. The number of methoxy groups -OCH3 is 1. The summed E-state index contributed by atoms with van der Waals surface area (Å²) in [6.07, 6.45) is 3.03. The van der Waals surface area contributed by atoms with Crippen LogP contribution in [0.2, 0.25) is 0 Å². The number of H-pyrrole nitrogens is 1. The van der Waals surface area contributed by atoms with Gasteiger partial charge in [-0.2, -0.15) is 0 Å². The van der Waals surface area contributed by atoms with Crippen molar-refractivity contribution < 1.29 is 9.53 Å². The molecule has 0 fully saturated rings. The van der Waals surface area contributed by atoms with Crippen LogP contribution in [0.15, 0.2) is 55.0 Å². The van der Waals surface area contributed by atoms with E-state index in [0.717, 1.165) is 40.1 Å². The van der Waals surface area contributed by atoms with E-state index in [9.17, 15) is 4.79 Å². The van der Waals surface area contributed by atoms with Gasteiger partial charge in [0.15, 0.2) is 0 Å². The number of imidazole rings is 1. The summed E-state index contributed by atoms with van der Waals surface area (Å²) in [5.74, 6) is 0.533. The van der Waals surface area contributed by atoms with Gasteiger partial charge in [0.1, 0.15) is 11.4 Å². The fourth-order valence-electron chi connectivity index (χ4n) is 3.41. The summed E-state index contributed by atoms with van der Waals surface area (Å²) in [6, 6.07) is 13.5. The molecule has 28 heavy (non-hydrogen) atoms. The van der Waals surface area contributed by atoms with Crippen LogP contribution in [0.25, 0.3) is 22.2 Å². The molecule has 0 spiro atoms. The molecule has 0 atom stereocenters. The van der Waals surface area contributed by atoms with Crippen molar-refractivity contribution in [1.29, 1.82) is 0 Å². The number of amides is 1. The number of carbonyl (C=O) groups is 1. The third-order valence-corrected chi connectivity index (χ3v) is 4.77. The Morgan fingerprint density at radius 2 is 2.04 bits per heavy atom. The highest BCUT2D eigenvalue weighted by atomic mass is 16.5. The van der Waals surface area contributed by atoms with Crippen molar-refractivity contribution in [2.75, 3.05) is 18.2 Å². The standard InChI is InChI=1S/C21H21N5O2/c1-3-26-18-10-15(28-2)8-9-16(18)19(22)20(26)13-4-6-14(7-5-13)25-21(27)17-11-23-12-24-17/h4-12H,3,22H2,1-2H3,(H,23,24)(H,25,27). The van der Waals surface area contributed by atoms with Gasteiger partial charge in [-0.05, 0) is 31.2 Å². The van der Waals surface area contributed by atoms with Crippen LogP contribution < -0.4 is 15.8 Å². The average molecular weight is 375 g/mol. The lowest BCUT2D eigenvalue weighted by Gasteiger charge is -2.10. The zero-order valence-corrected chi connectivity index (χ0v) is 15.7. The van der Waals surface area contributed by atoms with Gasteiger partial charge in [0.05, 0.1) is 30.3 Å².